The summed E-state index contributed by atoms with van der Waals surface area (Å²) in [5.74, 6) is -0.151. The quantitative estimate of drug-likeness (QED) is 0.359. The molecular weight excluding hydrogens is 437 g/mol. The van der Waals surface area contributed by atoms with Crippen LogP contribution in [-0.4, -0.2) is 29.8 Å². The molecule has 0 bridgehead atoms. The van der Waals surface area contributed by atoms with E-state index in [1.54, 1.807) is 25.3 Å². The zero-order valence-corrected chi connectivity index (χ0v) is 19.6. The predicted octanol–water partition coefficient (Wildman–Crippen LogP) is 6.01. The van der Waals surface area contributed by atoms with Crippen molar-refractivity contribution in [2.75, 3.05) is 6.61 Å². The second kappa shape index (κ2) is 11.4. The molecule has 0 amide bonds. The number of benzene rings is 2. The summed E-state index contributed by atoms with van der Waals surface area (Å²) in [6.07, 6.45) is 5.54. The predicted molar refractivity (Wildman–Crippen MR) is 125 cm³/mol. The van der Waals surface area contributed by atoms with E-state index in [9.17, 15) is 9.18 Å². The van der Waals surface area contributed by atoms with Crippen molar-refractivity contribution >= 4 is 5.97 Å². The molecule has 4 rings (SSSR count). The Bertz CT molecular complexity index is 1090. The van der Waals surface area contributed by atoms with Crippen LogP contribution in [0.3, 0.4) is 0 Å². The van der Waals surface area contributed by atoms with Gasteiger partial charge in [0.1, 0.15) is 17.8 Å². The normalized spacial score (nSPS) is 18.1. The lowest BCUT2D eigenvalue weighted by molar-refractivity contribution is -0.0561. The molecule has 1 aliphatic rings. The molecule has 2 aromatic carbocycles. The van der Waals surface area contributed by atoms with Crippen LogP contribution in [0, 0.1) is 12.7 Å². The molecule has 0 spiro atoms. The monoisotopic (exact) mass is 467 g/mol. The van der Waals surface area contributed by atoms with Crippen molar-refractivity contribution in [2.24, 2.45) is 0 Å². The molecule has 3 aromatic rings. The highest BCUT2D eigenvalue weighted by Gasteiger charge is 2.24. The number of hydrogen-bond donors (Lipinski definition) is 0. The number of aryl methyl sites for hydroxylation is 1. The molecular formula is C27H30FNO5. The van der Waals surface area contributed by atoms with Gasteiger partial charge in [0.25, 0.3) is 0 Å². The number of aromatic nitrogens is 1. The summed E-state index contributed by atoms with van der Waals surface area (Å²) >= 11 is 0. The molecule has 0 aliphatic heterocycles. The van der Waals surface area contributed by atoms with Crippen LogP contribution < -0.4 is 0 Å². The minimum Gasteiger partial charge on any atom is -0.462 e. The molecule has 1 saturated carbocycles. The Balaban J connectivity index is 1.27. The summed E-state index contributed by atoms with van der Waals surface area (Å²) in [7, 11) is 0. The summed E-state index contributed by atoms with van der Waals surface area (Å²) in [6.45, 7) is 4.84. The molecule has 7 heteroatoms. The summed E-state index contributed by atoms with van der Waals surface area (Å²) in [6, 6.07) is 11.8. The second-order valence-electron chi connectivity index (χ2n) is 8.55. The lowest BCUT2D eigenvalue weighted by Gasteiger charge is -2.29. The number of rotatable bonds is 9. The van der Waals surface area contributed by atoms with Gasteiger partial charge in [0.05, 0.1) is 37.6 Å². The average molecular weight is 468 g/mol. The van der Waals surface area contributed by atoms with Gasteiger partial charge in [-0.1, -0.05) is 12.1 Å². The number of halogens is 1. The van der Waals surface area contributed by atoms with Crippen molar-refractivity contribution in [1.82, 2.24) is 4.98 Å². The summed E-state index contributed by atoms with van der Waals surface area (Å²) in [4.78, 5) is 16.6. The Morgan fingerprint density at radius 3 is 2.56 bits per heavy atom. The van der Waals surface area contributed by atoms with Crippen molar-refractivity contribution < 1.29 is 27.8 Å². The van der Waals surface area contributed by atoms with E-state index < -0.39 is 0 Å². The van der Waals surface area contributed by atoms with Crippen LogP contribution in [0.15, 0.2) is 53.1 Å². The van der Waals surface area contributed by atoms with Crippen molar-refractivity contribution in [2.45, 2.75) is 65.0 Å². The third-order valence-corrected chi connectivity index (χ3v) is 5.97. The highest BCUT2D eigenvalue weighted by atomic mass is 19.1. The standard InChI is InChI=1S/C27H30FNO5/c1-3-31-27(30)25-13-19(8-7-18(25)2)15-32-23-5-4-6-24(14-23)33-16-22-17-34-26(29-22)20-9-11-21(28)12-10-20/h7-13,17,23-24H,3-6,14-16H2,1-2H3. The number of hydrogen-bond acceptors (Lipinski definition) is 6. The Hall–Kier alpha value is -3.03. The minimum atomic E-state index is -0.302. The van der Waals surface area contributed by atoms with Gasteiger partial charge < -0.3 is 18.6 Å². The molecule has 2 unspecified atom stereocenters. The molecule has 1 aromatic heterocycles. The van der Waals surface area contributed by atoms with Crippen LogP contribution in [-0.2, 0) is 27.4 Å². The molecule has 0 radical (unpaired) electrons. The summed E-state index contributed by atoms with van der Waals surface area (Å²) in [5.41, 5.74) is 3.85. The van der Waals surface area contributed by atoms with E-state index in [2.05, 4.69) is 4.98 Å². The van der Waals surface area contributed by atoms with Crippen LogP contribution in [0.1, 0.15) is 59.8 Å². The largest absolute Gasteiger partial charge is 0.462 e. The van der Waals surface area contributed by atoms with E-state index in [4.69, 9.17) is 18.6 Å². The van der Waals surface area contributed by atoms with Gasteiger partial charge in [0, 0.05) is 5.56 Å². The van der Waals surface area contributed by atoms with E-state index in [0.29, 0.717) is 37.0 Å². The van der Waals surface area contributed by atoms with Gasteiger partial charge >= 0.3 is 5.97 Å². The maximum Gasteiger partial charge on any atom is 0.338 e. The first-order valence-corrected chi connectivity index (χ1v) is 11.7. The highest BCUT2D eigenvalue weighted by Crippen LogP contribution is 2.26. The van der Waals surface area contributed by atoms with Crippen molar-refractivity contribution in [3.05, 3.63) is 76.9 Å². The fourth-order valence-corrected chi connectivity index (χ4v) is 4.11. The molecule has 34 heavy (non-hydrogen) atoms. The third-order valence-electron chi connectivity index (χ3n) is 5.97. The molecule has 1 fully saturated rings. The third kappa shape index (κ3) is 6.30. The zero-order valence-electron chi connectivity index (χ0n) is 19.6. The fourth-order valence-electron chi connectivity index (χ4n) is 4.11. The maximum atomic E-state index is 13.1. The molecule has 180 valence electrons. The second-order valence-corrected chi connectivity index (χ2v) is 8.55. The van der Waals surface area contributed by atoms with Crippen LogP contribution in [0.5, 0.6) is 0 Å². The minimum absolute atomic E-state index is 0.0813. The van der Waals surface area contributed by atoms with E-state index in [0.717, 1.165) is 42.4 Å². The smallest absolute Gasteiger partial charge is 0.338 e. The van der Waals surface area contributed by atoms with Crippen LogP contribution >= 0.6 is 0 Å². The summed E-state index contributed by atoms with van der Waals surface area (Å²) in [5, 5.41) is 0. The SMILES string of the molecule is CCOC(=O)c1cc(COC2CCCC(OCc3coc(-c4ccc(F)cc4)n3)C2)ccc1C. The fraction of sp³-hybridized carbons (Fsp3) is 0.407. The van der Waals surface area contributed by atoms with E-state index in [-0.39, 0.29) is 24.0 Å². The first kappa shape index (κ1) is 24.1. The van der Waals surface area contributed by atoms with Crippen molar-refractivity contribution in [3.8, 4) is 11.5 Å². The van der Waals surface area contributed by atoms with E-state index >= 15 is 0 Å². The first-order chi connectivity index (χ1) is 16.5. The van der Waals surface area contributed by atoms with Crippen LogP contribution in [0.25, 0.3) is 11.5 Å². The lowest BCUT2D eigenvalue weighted by Crippen LogP contribution is -2.28. The maximum absolute atomic E-state index is 13.1. The number of esters is 1. The van der Waals surface area contributed by atoms with Gasteiger partial charge in [-0.2, -0.15) is 0 Å². The van der Waals surface area contributed by atoms with Gasteiger partial charge in [0.15, 0.2) is 0 Å². The van der Waals surface area contributed by atoms with Crippen molar-refractivity contribution in [3.63, 3.8) is 0 Å². The number of nitrogens with zero attached hydrogens (tertiary/aromatic N) is 1. The average Bonchev–Trinajstić information content (AvgIpc) is 3.32. The molecule has 6 nitrogen and oxygen atoms in total. The number of carbonyl (C=O) groups excluding carboxylic acids is 1. The van der Waals surface area contributed by atoms with Crippen LogP contribution in [0.2, 0.25) is 0 Å². The Morgan fingerprint density at radius 2 is 1.82 bits per heavy atom. The zero-order chi connectivity index (χ0) is 23.9. The van der Waals surface area contributed by atoms with Gasteiger partial charge in [0.2, 0.25) is 5.89 Å². The van der Waals surface area contributed by atoms with E-state index in [1.807, 2.05) is 25.1 Å². The number of carbonyl (C=O) groups is 1. The highest BCUT2D eigenvalue weighted by molar-refractivity contribution is 5.91. The Labute approximate surface area is 199 Å². The van der Waals surface area contributed by atoms with Gasteiger partial charge in [-0.3, -0.25) is 0 Å². The first-order valence-electron chi connectivity index (χ1n) is 11.7. The molecule has 1 aliphatic carbocycles. The topological polar surface area (TPSA) is 70.8 Å². The Morgan fingerprint density at radius 1 is 1.09 bits per heavy atom. The molecule has 2 atom stereocenters. The lowest BCUT2D eigenvalue weighted by atomic mass is 9.94. The summed E-state index contributed by atoms with van der Waals surface area (Å²) < 4.78 is 36.0. The number of oxazole rings is 1. The van der Waals surface area contributed by atoms with E-state index in [1.165, 1.54) is 12.1 Å². The molecule has 0 N–H and O–H groups in total. The van der Waals surface area contributed by atoms with Crippen molar-refractivity contribution in [1.29, 1.82) is 0 Å². The Kier molecular flexibility index (Phi) is 8.08. The van der Waals surface area contributed by atoms with Gasteiger partial charge in [-0.25, -0.2) is 14.2 Å². The molecule has 0 saturated heterocycles. The molecule has 1 heterocycles. The van der Waals surface area contributed by atoms with Crippen LogP contribution in [0.4, 0.5) is 4.39 Å². The van der Waals surface area contributed by atoms with Gasteiger partial charge in [-0.05, 0) is 81.0 Å². The van der Waals surface area contributed by atoms with Gasteiger partial charge in [-0.15, -0.1) is 0 Å². The number of ether oxygens (including phenoxy) is 3.